The van der Waals surface area contributed by atoms with E-state index in [-0.39, 0.29) is 23.4 Å². The number of hydrogen-bond donors (Lipinski definition) is 1. The maximum absolute atomic E-state index is 13.2. The van der Waals surface area contributed by atoms with E-state index < -0.39 is 5.97 Å². The number of furan rings is 1. The van der Waals surface area contributed by atoms with Crippen LogP contribution in [-0.2, 0) is 12.0 Å². The number of para-hydroxylation sites is 1. The van der Waals surface area contributed by atoms with E-state index in [1.165, 1.54) is 11.0 Å². The highest BCUT2D eigenvalue weighted by molar-refractivity contribution is 5.95. The van der Waals surface area contributed by atoms with E-state index in [2.05, 4.69) is 5.10 Å². The summed E-state index contributed by atoms with van der Waals surface area (Å²) in [6.07, 6.45) is 1.74. The monoisotopic (exact) mass is 395 g/mol. The van der Waals surface area contributed by atoms with E-state index in [0.717, 1.165) is 5.69 Å². The third-order valence-electron chi connectivity index (χ3n) is 4.61. The number of hydrogen-bond acceptors (Lipinski definition) is 4. The van der Waals surface area contributed by atoms with Crippen LogP contribution in [0.25, 0.3) is 5.69 Å². The van der Waals surface area contributed by atoms with Gasteiger partial charge in [0.25, 0.3) is 5.91 Å². The first-order chi connectivity index (χ1) is 13.6. The molecule has 1 amide bonds. The molecular formula is C22H25N3O4. The van der Waals surface area contributed by atoms with Crippen LogP contribution in [0.2, 0.25) is 0 Å². The van der Waals surface area contributed by atoms with Crippen LogP contribution in [0.1, 0.15) is 58.7 Å². The Balaban J connectivity index is 1.92. The second-order valence-electron chi connectivity index (χ2n) is 8.07. The molecule has 0 unspecified atom stereocenters. The first kappa shape index (κ1) is 20.4. The summed E-state index contributed by atoms with van der Waals surface area (Å²) in [5.41, 5.74) is 1.84. The molecule has 2 heterocycles. The number of carbonyl (C=O) groups is 2. The van der Waals surface area contributed by atoms with Gasteiger partial charge in [-0.05, 0) is 25.1 Å². The predicted molar refractivity (Wildman–Crippen MR) is 108 cm³/mol. The molecule has 0 bridgehead atoms. The Morgan fingerprint density at radius 3 is 2.38 bits per heavy atom. The van der Waals surface area contributed by atoms with Crippen molar-refractivity contribution in [2.24, 2.45) is 0 Å². The SMILES string of the molecule is Cc1oc(CN(C)C(=O)c2cn(-c3ccccc3)nc2C(C)(C)C)cc1C(=O)O. The van der Waals surface area contributed by atoms with Gasteiger partial charge in [0, 0.05) is 18.7 Å². The third-order valence-corrected chi connectivity index (χ3v) is 4.61. The van der Waals surface area contributed by atoms with Crippen LogP contribution in [0, 0.1) is 6.92 Å². The molecule has 0 aliphatic heterocycles. The van der Waals surface area contributed by atoms with E-state index in [9.17, 15) is 14.7 Å². The minimum absolute atomic E-state index is 0.105. The fourth-order valence-electron chi connectivity index (χ4n) is 3.14. The quantitative estimate of drug-likeness (QED) is 0.704. The standard InChI is InChI=1S/C22H25N3O4/c1-14-17(21(27)28)11-16(29-14)12-24(5)20(26)18-13-25(15-9-7-6-8-10-15)23-19(18)22(2,3)4/h6-11,13H,12H2,1-5H3,(H,27,28). The summed E-state index contributed by atoms with van der Waals surface area (Å²) in [7, 11) is 1.66. The average Bonchev–Trinajstić information content (AvgIpc) is 3.25. The van der Waals surface area contributed by atoms with Gasteiger partial charge in [0.15, 0.2) is 0 Å². The number of amides is 1. The van der Waals surface area contributed by atoms with Crippen molar-refractivity contribution < 1.29 is 19.1 Å². The van der Waals surface area contributed by atoms with Gasteiger partial charge in [-0.1, -0.05) is 39.0 Å². The summed E-state index contributed by atoms with van der Waals surface area (Å²) in [6.45, 7) is 7.78. The molecule has 3 rings (SSSR count). The number of benzene rings is 1. The zero-order valence-corrected chi connectivity index (χ0v) is 17.3. The molecule has 7 heteroatoms. The molecule has 1 aromatic carbocycles. The fraction of sp³-hybridized carbons (Fsp3) is 0.318. The third kappa shape index (κ3) is 4.23. The first-order valence-electron chi connectivity index (χ1n) is 9.31. The second-order valence-corrected chi connectivity index (χ2v) is 8.07. The van der Waals surface area contributed by atoms with Gasteiger partial charge in [-0.2, -0.15) is 5.10 Å². The van der Waals surface area contributed by atoms with Crippen molar-refractivity contribution in [3.63, 3.8) is 0 Å². The van der Waals surface area contributed by atoms with Crippen molar-refractivity contribution in [1.29, 1.82) is 0 Å². The van der Waals surface area contributed by atoms with Crippen molar-refractivity contribution in [2.45, 2.75) is 39.7 Å². The zero-order chi connectivity index (χ0) is 21.3. The smallest absolute Gasteiger partial charge is 0.339 e. The Hall–Kier alpha value is -3.35. The van der Waals surface area contributed by atoms with Crippen LogP contribution in [0.4, 0.5) is 0 Å². The molecule has 3 aromatic rings. The summed E-state index contributed by atoms with van der Waals surface area (Å²) < 4.78 is 7.22. The summed E-state index contributed by atoms with van der Waals surface area (Å²) in [5.74, 6) is -0.516. The molecule has 0 aliphatic rings. The molecule has 0 radical (unpaired) electrons. The molecule has 0 spiro atoms. The lowest BCUT2D eigenvalue weighted by atomic mass is 9.89. The Morgan fingerprint density at radius 2 is 1.83 bits per heavy atom. The largest absolute Gasteiger partial charge is 0.478 e. The van der Waals surface area contributed by atoms with Crippen molar-refractivity contribution in [2.75, 3.05) is 7.05 Å². The van der Waals surface area contributed by atoms with E-state index in [4.69, 9.17) is 4.42 Å². The summed E-state index contributed by atoms with van der Waals surface area (Å²) in [6, 6.07) is 11.1. The molecule has 0 atom stereocenters. The highest BCUT2D eigenvalue weighted by atomic mass is 16.4. The fourth-order valence-corrected chi connectivity index (χ4v) is 3.14. The van der Waals surface area contributed by atoms with Crippen LogP contribution in [0.15, 0.2) is 47.0 Å². The van der Waals surface area contributed by atoms with Gasteiger partial charge >= 0.3 is 5.97 Å². The number of nitrogens with zero attached hydrogens (tertiary/aromatic N) is 3. The van der Waals surface area contributed by atoms with Crippen molar-refractivity contribution in [3.8, 4) is 5.69 Å². The van der Waals surface area contributed by atoms with Gasteiger partial charge in [-0.3, -0.25) is 4.79 Å². The molecule has 0 saturated heterocycles. The van der Waals surface area contributed by atoms with Crippen LogP contribution >= 0.6 is 0 Å². The molecular weight excluding hydrogens is 370 g/mol. The Morgan fingerprint density at radius 1 is 1.17 bits per heavy atom. The van der Waals surface area contributed by atoms with Crippen LogP contribution in [0.3, 0.4) is 0 Å². The number of carboxylic acids is 1. The van der Waals surface area contributed by atoms with Crippen molar-refractivity contribution >= 4 is 11.9 Å². The highest BCUT2D eigenvalue weighted by Crippen LogP contribution is 2.27. The van der Waals surface area contributed by atoms with E-state index in [1.807, 2.05) is 51.1 Å². The van der Waals surface area contributed by atoms with E-state index in [0.29, 0.717) is 22.8 Å². The van der Waals surface area contributed by atoms with Gasteiger partial charge in [0.05, 0.1) is 23.5 Å². The number of aromatic nitrogens is 2. The first-order valence-corrected chi connectivity index (χ1v) is 9.31. The number of rotatable bonds is 5. The molecule has 29 heavy (non-hydrogen) atoms. The number of aryl methyl sites for hydroxylation is 1. The Bertz CT molecular complexity index is 1040. The van der Waals surface area contributed by atoms with Crippen LogP contribution < -0.4 is 0 Å². The minimum atomic E-state index is -1.05. The lowest BCUT2D eigenvalue weighted by molar-refractivity contribution is 0.0694. The lowest BCUT2D eigenvalue weighted by Gasteiger charge is -2.20. The van der Waals surface area contributed by atoms with Gasteiger partial charge in [0.2, 0.25) is 0 Å². The van der Waals surface area contributed by atoms with Gasteiger partial charge in [-0.25, -0.2) is 9.48 Å². The molecule has 152 valence electrons. The normalized spacial score (nSPS) is 11.5. The molecule has 7 nitrogen and oxygen atoms in total. The maximum Gasteiger partial charge on any atom is 0.339 e. The van der Waals surface area contributed by atoms with Gasteiger partial charge < -0.3 is 14.4 Å². The average molecular weight is 395 g/mol. The Labute approximate surface area is 169 Å². The van der Waals surface area contributed by atoms with E-state index >= 15 is 0 Å². The Kier molecular flexibility index (Phi) is 5.33. The highest BCUT2D eigenvalue weighted by Gasteiger charge is 2.28. The summed E-state index contributed by atoms with van der Waals surface area (Å²) >= 11 is 0. The molecule has 0 saturated carbocycles. The van der Waals surface area contributed by atoms with Gasteiger partial charge in [0.1, 0.15) is 17.1 Å². The number of aromatic carboxylic acids is 1. The van der Waals surface area contributed by atoms with Crippen molar-refractivity contribution in [1.82, 2.24) is 14.7 Å². The van der Waals surface area contributed by atoms with E-state index in [1.54, 1.807) is 24.9 Å². The van der Waals surface area contributed by atoms with Crippen molar-refractivity contribution in [3.05, 3.63) is 70.9 Å². The zero-order valence-electron chi connectivity index (χ0n) is 17.3. The predicted octanol–water partition coefficient (Wildman–Crippen LogP) is 4.04. The summed E-state index contributed by atoms with van der Waals surface area (Å²) in [5, 5.41) is 13.9. The van der Waals surface area contributed by atoms with Gasteiger partial charge in [-0.15, -0.1) is 0 Å². The van der Waals surface area contributed by atoms with Crippen LogP contribution in [0.5, 0.6) is 0 Å². The summed E-state index contributed by atoms with van der Waals surface area (Å²) in [4.78, 5) is 25.9. The maximum atomic E-state index is 13.2. The lowest BCUT2D eigenvalue weighted by Crippen LogP contribution is -2.28. The molecule has 2 aromatic heterocycles. The minimum Gasteiger partial charge on any atom is -0.478 e. The topological polar surface area (TPSA) is 88.6 Å². The number of carboxylic acid groups (broad SMARTS) is 1. The molecule has 0 aliphatic carbocycles. The molecule has 1 N–H and O–H groups in total. The molecule has 0 fully saturated rings. The number of carbonyl (C=O) groups excluding carboxylic acids is 1. The second kappa shape index (κ2) is 7.58. The van der Waals surface area contributed by atoms with Crippen LogP contribution in [-0.4, -0.2) is 38.7 Å².